The molecule has 0 heterocycles. The second-order valence-electron chi connectivity index (χ2n) is 5.49. The first-order valence-electron chi connectivity index (χ1n) is 8.08. The standard InChI is InChI=1S/C19H20FNO6/c1-25-15-8-7-14(20)17(18(15)26-2)19(24)21-10-9-12-3-5-13(6-4-12)27-11-16(22)23/h3-8H,9-11H2,1-2H3,(H,21,24)(H,22,23). The van der Waals surface area contributed by atoms with E-state index in [-0.39, 0.29) is 23.6 Å². The Kier molecular flexibility index (Phi) is 6.99. The number of ether oxygens (including phenoxy) is 3. The van der Waals surface area contributed by atoms with Gasteiger partial charge in [0, 0.05) is 6.54 Å². The number of aliphatic carboxylic acids is 1. The average Bonchev–Trinajstić information content (AvgIpc) is 2.66. The number of methoxy groups -OCH3 is 2. The smallest absolute Gasteiger partial charge is 0.341 e. The summed E-state index contributed by atoms with van der Waals surface area (Å²) in [7, 11) is 2.74. The maximum atomic E-state index is 14.1. The summed E-state index contributed by atoms with van der Waals surface area (Å²) in [6.45, 7) is -0.142. The molecule has 0 aromatic heterocycles. The maximum absolute atomic E-state index is 14.1. The average molecular weight is 377 g/mol. The number of amides is 1. The van der Waals surface area contributed by atoms with Crippen LogP contribution in [-0.4, -0.2) is 44.4 Å². The van der Waals surface area contributed by atoms with Crippen LogP contribution in [0.2, 0.25) is 0 Å². The van der Waals surface area contributed by atoms with Crippen molar-refractivity contribution in [1.82, 2.24) is 5.32 Å². The lowest BCUT2D eigenvalue weighted by atomic mass is 10.1. The topological polar surface area (TPSA) is 94.1 Å². The molecule has 144 valence electrons. The van der Waals surface area contributed by atoms with Crippen molar-refractivity contribution in [2.75, 3.05) is 27.4 Å². The van der Waals surface area contributed by atoms with Gasteiger partial charge in [-0.2, -0.15) is 0 Å². The number of benzene rings is 2. The summed E-state index contributed by atoms with van der Waals surface area (Å²) in [5.41, 5.74) is 0.685. The molecule has 0 fully saturated rings. The number of hydrogen-bond acceptors (Lipinski definition) is 5. The first kappa shape index (κ1) is 20.0. The Balaban J connectivity index is 1.96. The summed E-state index contributed by atoms with van der Waals surface area (Å²) in [5.74, 6) is -1.62. The van der Waals surface area contributed by atoms with Gasteiger partial charge in [-0.15, -0.1) is 0 Å². The van der Waals surface area contributed by atoms with E-state index in [9.17, 15) is 14.0 Å². The molecule has 2 aromatic carbocycles. The molecule has 27 heavy (non-hydrogen) atoms. The van der Waals surface area contributed by atoms with Crippen molar-refractivity contribution in [2.24, 2.45) is 0 Å². The van der Waals surface area contributed by atoms with Crippen LogP contribution in [0.4, 0.5) is 4.39 Å². The zero-order valence-corrected chi connectivity index (χ0v) is 15.0. The Morgan fingerprint density at radius 2 is 1.78 bits per heavy atom. The van der Waals surface area contributed by atoms with Crippen molar-refractivity contribution >= 4 is 11.9 Å². The third-order valence-electron chi connectivity index (χ3n) is 3.71. The summed E-state index contributed by atoms with van der Waals surface area (Å²) in [5, 5.41) is 11.2. The minimum Gasteiger partial charge on any atom is -0.493 e. The lowest BCUT2D eigenvalue weighted by Crippen LogP contribution is -2.27. The Hall–Kier alpha value is -3.29. The quantitative estimate of drug-likeness (QED) is 0.696. The van der Waals surface area contributed by atoms with Crippen molar-refractivity contribution in [3.05, 3.63) is 53.3 Å². The molecule has 8 heteroatoms. The summed E-state index contributed by atoms with van der Waals surface area (Å²) in [6.07, 6.45) is 0.499. The van der Waals surface area contributed by atoms with Gasteiger partial charge >= 0.3 is 5.97 Å². The lowest BCUT2D eigenvalue weighted by Gasteiger charge is -2.13. The molecule has 0 bridgehead atoms. The van der Waals surface area contributed by atoms with E-state index in [2.05, 4.69) is 5.32 Å². The Labute approximate surface area is 155 Å². The van der Waals surface area contributed by atoms with Crippen LogP contribution in [0.1, 0.15) is 15.9 Å². The molecule has 2 N–H and O–H groups in total. The molecule has 0 spiro atoms. The zero-order valence-electron chi connectivity index (χ0n) is 15.0. The van der Waals surface area contributed by atoms with E-state index in [1.165, 1.54) is 20.3 Å². The Morgan fingerprint density at radius 1 is 1.07 bits per heavy atom. The van der Waals surface area contributed by atoms with Gasteiger partial charge in [0.05, 0.1) is 14.2 Å². The molecule has 0 aliphatic rings. The fourth-order valence-electron chi connectivity index (χ4n) is 2.42. The molecule has 2 aromatic rings. The largest absolute Gasteiger partial charge is 0.493 e. The molecule has 0 saturated heterocycles. The monoisotopic (exact) mass is 377 g/mol. The molecule has 2 rings (SSSR count). The number of carboxylic acids is 1. The van der Waals surface area contributed by atoms with Crippen LogP contribution in [0.5, 0.6) is 17.2 Å². The summed E-state index contributed by atoms with van der Waals surface area (Å²) < 4.78 is 29.3. The summed E-state index contributed by atoms with van der Waals surface area (Å²) in [6, 6.07) is 9.34. The molecule has 0 unspecified atom stereocenters. The van der Waals surface area contributed by atoms with Crippen LogP contribution in [0.15, 0.2) is 36.4 Å². The van der Waals surface area contributed by atoms with Gasteiger partial charge in [-0.1, -0.05) is 12.1 Å². The second-order valence-corrected chi connectivity index (χ2v) is 5.49. The summed E-state index contributed by atoms with van der Waals surface area (Å²) >= 11 is 0. The third kappa shape index (κ3) is 5.34. The molecule has 0 saturated carbocycles. The first-order chi connectivity index (χ1) is 13.0. The van der Waals surface area contributed by atoms with Crippen molar-refractivity contribution in [3.8, 4) is 17.2 Å². The Bertz CT molecular complexity index is 807. The highest BCUT2D eigenvalue weighted by Crippen LogP contribution is 2.32. The number of nitrogens with one attached hydrogen (secondary N) is 1. The maximum Gasteiger partial charge on any atom is 0.341 e. The summed E-state index contributed by atoms with van der Waals surface area (Å²) in [4.78, 5) is 22.8. The highest BCUT2D eigenvalue weighted by atomic mass is 19.1. The van der Waals surface area contributed by atoms with Crippen molar-refractivity contribution in [2.45, 2.75) is 6.42 Å². The van der Waals surface area contributed by atoms with Crippen molar-refractivity contribution < 1.29 is 33.3 Å². The van der Waals surface area contributed by atoms with Gasteiger partial charge in [0.1, 0.15) is 17.1 Å². The zero-order chi connectivity index (χ0) is 19.8. The highest BCUT2D eigenvalue weighted by Gasteiger charge is 2.21. The van der Waals surface area contributed by atoms with E-state index >= 15 is 0 Å². The van der Waals surface area contributed by atoms with Crippen molar-refractivity contribution in [1.29, 1.82) is 0 Å². The van der Waals surface area contributed by atoms with Gasteiger partial charge in [0.15, 0.2) is 18.1 Å². The number of rotatable bonds is 9. The van der Waals surface area contributed by atoms with E-state index < -0.39 is 24.3 Å². The number of carboxylic acid groups (broad SMARTS) is 1. The number of carbonyl (C=O) groups excluding carboxylic acids is 1. The first-order valence-corrected chi connectivity index (χ1v) is 8.08. The third-order valence-corrected chi connectivity index (χ3v) is 3.71. The minimum atomic E-state index is -1.05. The molecule has 0 atom stereocenters. The normalized spacial score (nSPS) is 10.2. The number of carbonyl (C=O) groups is 2. The van der Waals surface area contributed by atoms with Crippen molar-refractivity contribution in [3.63, 3.8) is 0 Å². The molecule has 1 amide bonds. The van der Waals surface area contributed by atoms with Crippen LogP contribution in [0, 0.1) is 5.82 Å². The SMILES string of the molecule is COc1ccc(F)c(C(=O)NCCc2ccc(OCC(=O)O)cc2)c1OC. The van der Waals surface area contributed by atoms with Crippen LogP contribution < -0.4 is 19.5 Å². The van der Waals surface area contributed by atoms with Crippen LogP contribution in [-0.2, 0) is 11.2 Å². The van der Waals surface area contributed by atoms with Gasteiger partial charge in [0.25, 0.3) is 5.91 Å². The van der Waals surface area contributed by atoms with E-state index in [4.69, 9.17) is 19.3 Å². The van der Waals surface area contributed by atoms with Gasteiger partial charge in [-0.25, -0.2) is 9.18 Å². The van der Waals surface area contributed by atoms with Crippen LogP contribution in [0.3, 0.4) is 0 Å². The van der Waals surface area contributed by atoms with Crippen LogP contribution in [0.25, 0.3) is 0 Å². The highest BCUT2D eigenvalue weighted by molar-refractivity contribution is 5.98. The van der Waals surface area contributed by atoms with E-state index in [0.29, 0.717) is 12.2 Å². The van der Waals surface area contributed by atoms with E-state index in [1.54, 1.807) is 24.3 Å². The van der Waals surface area contributed by atoms with Gasteiger partial charge in [-0.05, 0) is 36.2 Å². The predicted molar refractivity (Wildman–Crippen MR) is 95.1 cm³/mol. The molecule has 7 nitrogen and oxygen atoms in total. The van der Waals surface area contributed by atoms with E-state index in [1.807, 2.05) is 0 Å². The van der Waals surface area contributed by atoms with Gasteiger partial charge < -0.3 is 24.6 Å². The Morgan fingerprint density at radius 3 is 2.37 bits per heavy atom. The van der Waals surface area contributed by atoms with Crippen LogP contribution >= 0.6 is 0 Å². The fourth-order valence-corrected chi connectivity index (χ4v) is 2.42. The molecule has 0 aliphatic heterocycles. The molecular weight excluding hydrogens is 357 g/mol. The second kappa shape index (κ2) is 9.42. The van der Waals surface area contributed by atoms with Gasteiger partial charge in [-0.3, -0.25) is 4.79 Å². The van der Waals surface area contributed by atoms with Gasteiger partial charge in [0.2, 0.25) is 0 Å². The predicted octanol–water partition coefficient (Wildman–Crippen LogP) is 2.28. The minimum absolute atomic E-state index is 0.0370. The lowest BCUT2D eigenvalue weighted by molar-refractivity contribution is -0.139. The molecule has 0 aliphatic carbocycles. The molecule has 0 radical (unpaired) electrons. The fraction of sp³-hybridized carbons (Fsp3) is 0.263. The number of hydrogen-bond donors (Lipinski definition) is 2. The number of halogens is 1. The molecular formula is C19H20FNO6. The van der Waals surface area contributed by atoms with E-state index in [0.717, 1.165) is 11.6 Å².